The Morgan fingerprint density at radius 2 is 1.86 bits per heavy atom. The Labute approximate surface area is 290 Å². The van der Waals surface area contributed by atoms with E-state index in [0.29, 0.717) is 42.4 Å². The molecule has 13 heteroatoms. The van der Waals surface area contributed by atoms with Crippen molar-refractivity contribution in [2.24, 2.45) is 11.3 Å². The number of rotatable bonds is 12. The number of hydrogen-bond donors (Lipinski definition) is 1. The van der Waals surface area contributed by atoms with Crippen LogP contribution in [-0.2, 0) is 20.4 Å². The number of aryl methyl sites for hydroxylation is 1. The van der Waals surface area contributed by atoms with Crippen LogP contribution in [0.2, 0.25) is 0 Å². The largest absolute Gasteiger partial charge is 0.478 e. The first-order valence-corrected chi connectivity index (χ1v) is 17.3. The highest BCUT2D eigenvalue weighted by Gasteiger charge is 2.39. The number of ether oxygens (including phenoxy) is 3. The summed E-state index contributed by atoms with van der Waals surface area (Å²) in [5, 5.41) is 0. The number of aromatic nitrogens is 4. The van der Waals surface area contributed by atoms with E-state index in [9.17, 15) is 18.0 Å². The average molecular weight is 695 g/mol. The van der Waals surface area contributed by atoms with Gasteiger partial charge in [-0.3, -0.25) is 4.79 Å². The minimum atomic E-state index is -4.66. The molecule has 0 bridgehead atoms. The molecule has 0 atom stereocenters. The van der Waals surface area contributed by atoms with Crippen LogP contribution < -0.4 is 14.5 Å². The molecule has 2 fully saturated rings. The average Bonchev–Trinajstić information content (AvgIpc) is 3.51. The number of H-pyrrole nitrogens is 1. The van der Waals surface area contributed by atoms with Crippen molar-refractivity contribution in [2.45, 2.75) is 59.1 Å². The molecule has 1 N–H and O–H groups in total. The van der Waals surface area contributed by atoms with E-state index in [2.05, 4.69) is 31.9 Å². The summed E-state index contributed by atoms with van der Waals surface area (Å²) in [5.41, 5.74) is 4.39. The maximum Gasteiger partial charge on any atom is 0.421 e. The summed E-state index contributed by atoms with van der Waals surface area (Å²) in [6.45, 7) is 8.76. The fourth-order valence-electron chi connectivity index (χ4n) is 7.26. The molecular weight excluding hydrogens is 649 g/mol. The Balaban J connectivity index is 1.36. The van der Waals surface area contributed by atoms with Gasteiger partial charge in [0.1, 0.15) is 16.9 Å². The zero-order valence-corrected chi connectivity index (χ0v) is 29.3. The number of pyridine rings is 2. The Kier molecular flexibility index (Phi) is 10.2. The molecule has 0 spiro atoms. The zero-order chi connectivity index (χ0) is 35.6. The monoisotopic (exact) mass is 694 g/mol. The normalized spacial score (nSPS) is 16.4. The molecule has 1 aromatic carbocycles. The Hall–Kier alpha value is -4.39. The molecule has 1 aliphatic heterocycles. The molecule has 268 valence electrons. The number of anilines is 2. The molecule has 0 radical (unpaired) electrons. The molecule has 1 aliphatic carbocycles. The van der Waals surface area contributed by atoms with Crippen LogP contribution in [0.1, 0.15) is 57.1 Å². The molecule has 3 aromatic heterocycles. The Bertz CT molecular complexity index is 1830. The number of methoxy groups -OCH3 is 1. The van der Waals surface area contributed by atoms with Gasteiger partial charge in [0.05, 0.1) is 37.1 Å². The summed E-state index contributed by atoms with van der Waals surface area (Å²) in [4.78, 5) is 33.8. The van der Waals surface area contributed by atoms with E-state index in [4.69, 9.17) is 24.2 Å². The SMILES string of the molecule is CCOC(=O)C1CCN(c2ccc(-c3nc4nc(-c5cnc(OCC)c(C(F)(F)F)c5)cc(N(C)CC5(COC)CCC5)c4[nH]3)c(C)c2)CC1. The molecule has 2 aliphatic rings. The number of fused-ring (bicyclic) bond motifs is 1. The van der Waals surface area contributed by atoms with Crippen molar-refractivity contribution in [3.8, 4) is 28.5 Å². The molecule has 1 saturated carbocycles. The minimum Gasteiger partial charge on any atom is -0.478 e. The Morgan fingerprint density at radius 1 is 1.10 bits per heavy atom. The second kappa shape index (κ2) is 14.5. The van der Waals surface area contributed by atoms with Crippen LogP contribution in [0.4, 0.5) is 24.5 Å². The van der Waals surface area contributed by atoms with E-state index >= 15 is 0 Å². The topological polar surface area (TPSA) is 106 Å². The van der Waals surface area contributed by atoms with Crippen LogP contribution in [0.5, 0.6) is 5.88 Å². The van der Waals surface area contributed by atoms with Crippen LogP contribution in [-0.4, -0.2) is 79.5 Å². The molecule has 0 amide bonds. The number of alkyl halides is 3. The molecule has 50 heavy (non-hydrogen) atoms. The summed E-state index contributed by atoms with van der Waals surface area (Å²) in [6, 6.07) is 9.05. The maximum atomic E-state index is 14.1. The predicted octanol–water partition coefficient (Wildman–Crippen LogP) is 7.45. The van der Waals surface area contributed by atoms with Crippen LogP contribution >= 0.6 is 0 Å². The highest BCUT2D eigenvalue weighted by atomic mass is 19.4. The first kappa shape index (κ1) is 35.4. The van der Waals surface area contributed by atoms with Gasteiger partial charge in [0, 0.05) is 62.2 Å². The summed E-state index contributed by atoms with van der Waals surface area (Å²) >= 11 is 0. The van der Waals surface area contributed by atoms with Crippen LogP contribution in [0.25, 0.3) is 33.8 Å². The van der Waals surface area contributed by atoms with Crippen LogP contribution in [0.15, 0.2) is 36.5 Å². The van der Waals surface area contributed by atoms with E-state index < -0.39 is 17.6 Å². The number of imidazole rings is 1. The number of nitrogens with zero attached hydrogens (tertiary/aromatic N) is 5. The number of piperidine rings is 1. The quantitative estimate of drug-likeness (QED) is 0.152. The van der Waals surface area contributed by atoms with Crippen molar-refractivity contribution >= 4 is 28.5 Å². The number of halogens is 3. The van der Waals surface area contributed by atoms with Gasteiger partial charge in [0.2, 0.25) is 5.88 Å². The first-order chi connectivity index (χ1) is 23.9. The van der Waals surface area contributed by atoms with Gasteiger partial charge in [-0.2, -0.15) is 13.2 Å². The summed E-state index contributed by atoms with van der Waals surface area (Å²) in [6.07, 6.45) is 1.38. The first-order valence-electron chi connectivity index (χ1n) is 17.3. The van der Waals surface area contributed by atoms with Crippen molar-refractivity contribution in [3.05, 3.63) is 47.7 Å². The lowest BCUT2D eigenvalue weighted by molar-refractivity contribution is -0.148. The standard InChI is InChI=1S/C37H45F3N6O4/c1-6-49-34-28(37(38,39)40)18-25(20-41-34)29-19-30(45(4)21-36(22-48-5)13-8-14-36)31-33(42-29)44-32(43-31)27-10-9-26(17-23(27)3)46-15-11-24(12-16-46)35(47)50-7-2/h9-10,17-20,24H,6-8,11-16,21-22H2,1-5H3,(H,42,43,44). The number of aromatic amines is 1. The second-order valence-electron chi connectivity index (χ2n) is 13.5. The number of hydrogen-bond acceptors (Lipinski definition) is 9. The van der Waals surface area contributed by atoms with Crippen LogP contribution in [0.3, 0.4) is 0 Å². The number of benzene rings is 1. The molecule has 1 saturated heterocycles. The van der Waals surface area contributed by atoms with Gasteiger partial charge >= 0.3 is 12.1 Å². The number of carbonyl (C=O) groups excluding carboxylic acids is 1. The Morgan fingerprint density at radius 3 is 2.48 bits per heavy atom. The predicted molar refractivity (Wildman–Crippen MR) is 186 cm³/mol. The highest BCUT2D eigenvalue weighted by molar-refractivity contribution is 5.91. The van der Waals surface area contributed by atoms with E-state index in [0.717, 1.165) is 73.8 Å². The van der Waals surface area contributed by atoms with E-state index in [1.807, 2.05) is 27.0 Å². The van der Waals surface area contributed by atoms with Gasteiger partial charge in [-0.15, -0.1) is 0 Å². The number of carbonyl (C=O) groups is 1. The van der Waals surface area contributed by atoms with E-state index in [1.165, 1.54) is 6.20 Å². The summed E-state index contributed by atoms with van der Waals surface area (Å²) < 4.78 is 58.3. The molecule has 6 rings (SSSR count). The van der Waals surface area contributed by atoms with Crippen molar-refractivity contribution in [1.82, 2.24) is 19.9 Å². The van der Waals surface area contributed by atoms with E-state index in [-0.39, 0.29) is 29.5 Å². The van der Waals surface area contributed by atoms with Crippen molar-refractivity contribution in [3.63, 3.8) is 0 Å². The van der Waals surface area contributed by atoms with Gasteiger partial charge < -0.3 is 29.0 Å². The van der Waals surface area contributed by atoms with Gasteiger partial charge in [-0.1, -0.05) is 6.42 Å². The van der Waals surface area contributed by atoms with E-state index in [1.54, 1.807) is 20.1 Å². The van der Waals surface area contributed by atoms with Crippen LogP contribution in [0, 0.1) is 18.3 Å². The molecular formula is C37H45F3N6O4. The fraction of sp³-hybridized carbons (Fsp3) is 0.514. The maximum absolute atomic E-state index is 14.1. The third-order valence-corrected chi connectivity index (χ3v) is 9.97. The summed E-state index contributed by atoms with van der Waals surface area (Å²) in [7, 11) is 3.69. The molecule has 0 unspecified atom stereocenters. The van der Waals surface area contributed by atoms with Crippen molar-refractivity contribution < 1.29 is 32.2 Å². The van der Waals surface area contributed by atoms with Gasteiger partial charge in [-0.25, -0.2) is 15.0 Å². The lowest BCUT2D eigenvalue weighted by Crippen LogP contribution is -2.44. The van der Waals surface area contributed by atoms with Crippen molar-refractivity contribution in [1.29, 1.82) is 0 Å². The minimum absolute atomic E-state index is 0.0105. The smallest absolute Gasteiger partial charge is 0.421 e. The molecule has 4 heterocycles. The third-order valence-electron chi connectivity index (χ3n) is 9.97. The summed E-state index contributed by atoms with van der Waals surface area (Å²) in [5.74, 6) is -0.0381. The van der Waals surface area contributed by atoms with Gasteiger partial charge in [0.15, 0.2) is 5.65 Å². The molecule has 10 nitrogen and oxygen atoms in total. The van der Waals surface area contributed by atoms with Gasteiger partial charge in [0.25, 0.3) is 0 Å². The van der Waals surface area contributed by atoms with Gasteiger partial charge in [-0.05, 0) is 82.3 Å². The third kappa shape index (κ3) is 7.24. The lowest BCUT2D eigenvalue weighted by Gasteiger charge is -2.44. The lowest BCUT2D eigenvalue weighted by atomic mass is 9.69. The van der Waals surface area contributed by atoms with Crippen molar-refractivity contribution in [2.75, 3.05) is 63.4 Å². The second-order valence-corrected chi connectivity index (χ2v) is 13.5. The number of nitrogens with one attached hydrogen (secondary N) is 1. The molecule has 4 aromatic rings. The highest BCUT2D eigenvalue weighted by Crippen LogP contribution is 2.44. The fourth-order valence-corrected chi connectivity index (χ4v) is 7.26. The number of esters is 1. The zero-order valence-electron chi connectivity index (χ0n) is 29.3.